The smallest absolute Gasteiger partial charge is 0.101 e. The number of pyridine rings is 1. The molecule has 1 rings (SSSR count). The molecule has 1 heterocycles. The third-order valence-electron chi connectivity index (χ3n) is 2.83. The number of aromatic nitrogens is 1. The van der Waals surface area contributed by atoms with Crippen molar-refractivity contribution in [1.29, 1.82) is 0 Å². The summed E-state index contributed by atoms with van der Waals surface area (Å²) < 4.78 is 0. The summed E-state index contributed by atoms with van der Waals surface area (Å²) in [4.78, 5) is 6.83. The Balaban J connectivity index is 2.51. The average Bonchev–Trinajstić information content (AvgIpc) is 2.35. The number of hydrogen-bond donors (Lipinski definition) is 1. The standard InChI is InChI=1S/C13H23N3S/c1-4-16(5-2)9-10-17-13-12(11(3)14)7-6-8-15-13/h6-8,11H,4-5,9-10,14H2,1-3H3/t11-/m1/s1. The van der Waals surface area contributed by atoms with Gasteiger partial charge in [0.05, 0.1) is 0 Å². The monoisotopic (exact) mass is 253 g/mol. The van der Waals surface area contributed by atoms with Crippen molar-refractivity contribution in [3.63, 3.8) is 0 Å². The first kappa shape index (κ1) is 14.5. The number of hydrogen-bond acceptors (Lipinski definition) is 4. The van der Waals surface area contributed by atoms with E-state index >= 15 is 0 Å². The molecule has 1 aromatic rings. The number of rotatable bonds is 7. The van der Waals surface area contributed by atoms with E-state index in [1.165, 1.54) is 0 Å². The molecule has 0 amide bonds. The molecule has 0 unspecified atom stereocenters. The first-order chi connectivity index (χ1) is 8.19. The highest BCUT2D eigenvalue weighted by atomic mass is 32.2. The van der Waals surface area contributed by atoms with Gasteiger partial charge in [0.1, 0.15) is 5.03 Å². The molecule has 0 aliphatic heterocycles. The lowest BCUT2D eigenvalue weighted by atomic mass is 10.2. The molecule has 0 aliphatic rings. The summed E-state index contributed by atoms with van der Waals surface area (Å²) in [7, 11) is 0. The van der Waals surface area contributed by atoms with Gasteiger partial charge in [-0.15, -0.1) is 11.8 Å². The molecule has 0 saturated heterocycles. The van der Waals surface area contributed by atoms with Crippen molar-refractivity contribution < 1.29 is 0 Å². The summed E-state index contributed by atoms with van der Waals surface area (Å²) in [5.74, 6) is 1.07. The molecule has 17 heavy (non-hydrogen) atoms. The van der Waals surface area contributed by atoms with Crippen molar-refractivity contribution in [2.45, 2.75) is 31.8 Å². The molecule has 0 fully saturated rings. The van der Waals surface area contributed by atoms with Gasteiger partial charge in [0.2, 0.25) is 0 Å². The van der Waals surface area contributed by atoms with Gasteiger partial charge in [0.15, 0.2) is 0 Å². The van der Waals surface area contributed by atoms with Crippen LogP contribution in [-0.2, 0) is 0 Å². The third-order valence-corrected chi connectivity index (χ3v) is 3.83. The Labute approximate surface area is 109 Å². The van der Waals surface area contributed by atoms with Crippen molar-refractivity contribution in [2.24, 2.45) is 5.73 Å². The third kappa shape index (κ3) is 4.66. The second kappa shape index (κ2) is 7.69. The minimum atomic E-state index is 0.0552. The lowest BCUT2D eigenvalue weighted by molar-refractivity contribution is 0.324. The largest absolute Gasteiger partial charge is 0.324 e. The maximum absolute atomic E-state index is 5.93. The maximum Gasteiger partial charge on any atom is 0.101 e. The van der Waals surface area contributed by atoms with Crippen LogP contribution in [0.25, 0.3) is 0 Å². The zero-order valence-corrected chi connectivity index (χ0v) is 11.8. The topological polar surface area (TPSA) is 42.2 Å². The summed E-state index contributed by atoms with van der Waals surface area (Å²) in [5, 5.41) is 1.08. The SMILES string of the molecule is CCN(CC)CCSc1ncccc1[C@@H](C)N. The molecule has 0 aliphatic carbocycles. The summed E-state index contributed by atoms with van der Waals surface area (Å²) in [6, 6.07) is 4.07. The van der Waals surface area contributed by atoms with Gasteiger partial charge in [0.25, 0.3) is 0 Å². The van der Waals surface area contributed by atoms with Crippen LogP contribution in [0.1, 0.15) is 32.4 Å². The highest BCUT2D eigenvalue weighted by Crippen LogP contribution is 2.23. The fraction of sp³-hybridized carbons (Fsp3) is 0.615. The maximum atomic E-state index is 5.93. The minimum absolute atomic E-state index is 0.0552. The first-order valence-electron chi connectivity index (χ1n) is 6.24. The molecule has 0 radical (unpaired) electrons. The fourth-order valence-electron chi connectivity index (χ4n) is 1.68. The summed E-state index contributed by atoms with van der Waals surface area (Å²) >= 11 is 1.80. The first-order valence-corrected chi connectivity index (χ1v) is 7.23. The molecule has 96 valence electrons. The van der Waals surface area contributed by atoms with Gasteiger partial charge in [0, 0.05) is 30.1 Å². The van der Waals surface area contributed by atoms with Crippen molar-refractivity contribution in [3.05, 3.63) is 23.9 Å². The molecule has 3 nitrogen and oxygen atoms in total. The van der Waals surface area contributed by atoms with Crippen LogP contribution in [0, 0.1) is 0 Å². The quantitative estimate of drug-likeness (QED) is 0.758. The van der Waals surface area contributed by atoms with Crippen LogP contribution in [0.15, 0.2) is 23.4 Å². The van der Waals surface area contributed by atoms with Crippen LogP contribution in [0.5, 0.6) is 0 Å². The van der Waals surface area contributed by atoms with Gasteiger partial charge in [-0.1, -0.05) is 19.9 Å². The molecular weight excluding hydrogens is 230 g/mol. The van der Waals surface area contributed by atoms with E-state index in [1.807, 2.05) is 19.2 Å². The normalized spacial score (nSPS) is 13.0. The Kier molecular flexibility index (Phi) is 6.55. The summed E-state index contributed by atoms with van der Waals surface area (Å²) in [6.07, 6.45) is 1.84. The number of nitrogens with zero attached hydrogens (tertiary/aromatic N) is 2. The van der Waals surface area contributed by atoms with Crippen molar-refractivity contribution >= 4 is 11.8 Å². The molecule has 4 heteroatoms. The molecule has 2 N–H and O–H groups in total. The van der Waals surface area contributed by atoms with E-state index in [1.54, 1.807) is 11.8 Å². The molecule has 0 aromatic carbocycles. The second-order valence-corrected chi connectivity index (χ2v) is 5.15. The molecular formula is C13H23N3S. The lowest BCUT2D eigenvalue weighted by Crippen LogP contribution is -2.25. The molecule has 1 atom stereocenters. The minimum Gasteiger partial charge on any atom is -0.324 e. The van der Waals surface area contributed by atoms with E-state index in [9.17, 15) is 0 Å². The van der Waals surface area contributed by atoms with Crippen LogP contribution < -0.4 is 5.73 Å². The Bertz CT molecular complexity index is 324. The Morgan fingerprint density at radius 3 is 2.71 bits per heavy atom. The highest BCUT2D eigenvalue weighted by Gasteiger charge is 2.08. The highest BCUT2D eigenvalue weighted by molar-refractivity contribution is 7.99. The Morgan fingerprint density at radius 1 is 1.41 bits per heavy atom. The van der Waals surface area contributed by atoms with E-state index in [4.69, 9.17) is 5.73 Å². The predicted molar refractivity (Wildman–Crippen MR) is 75.4 cm³/mol. The van der Waals surface area contributed by atoms with Crippen LogP contribution >= 0.6 is 11.8 Å². The van der Waals surface area contributed by atoms with Crippen molar-refractivity contribution in [2.75, 3.05) is 25.4 Å². The van der Waals surface area contributed by atoms with E-state index in [-0.39, 0.29) is 6.04 Å². The fourth-order valence-corrected chi connectivity index (χ4v) is 2.78. The lowest BCUT2D eigenvalue weighted by Gasteiger charge is -2.18. The Hall–Kier alpha value is -0.580. The molecule has 0 spiro atoms. The Morgan fingerprint density at radius 2 is 2.12 bits per heavy atom. The zero-order chi connectivity index (χ0) is 12.7. The second-order valence-electron chi connectivity index (χ2n) is 4.06. The molecule has 0 bridgehead atoms. The van der Waals surface area contributed by atoms with E-state index in [0.29, 0.717) is 0 Å². The van der Waals surface area contributed by atoms with E-state index in [0.717, 1.165) is 36.0 Å². The van der Waals surface area contributed by atoms with Gasteiger partial charge < -0.3 is 10.6 Å². The van der Waals surface area contributed by atoms with Gasteiger partial charge in [-0.25, -0.2) is 4.98 Å². The summed E-state index contributed by atoms with van der Waals surface area (Å²) in [5.41, 5.74) is 7.08. The van der Waals surface area contributed by atoms with E-state index < -0.39 is 0 Å². The summed E-state index contributed by atoms with van der Waals surface area (Å²) in [6.45, 7) is 9.72. The number of nitrogens with two attached hydrogens (primary N) is 1. The van der Waals surface area contributed by atoms with Crippen molar-refractivity contribution in [1.82, 2.24) is 9.88 Å². The van der Waals surface area contributed by atoms with Crippen LogP contribution in [-0.4, -0.2) is 35.3 Å². The van der Waals surface area contributed by atoms with Gasteiger partial charge >= 0.3 is 0 Å². The van der Waals surface area contributed by atoms with Crippen molar-refractivity contribution in [3.8, 4) is 0 Å². The van der Waals surface area contributed by atoms with Gasteiger partial charge in [-0.3, -0.25) is 0 Å². The van der Waals surface area contributed by atoms with Gasteiger partial charge in [-0.2, -0.15) is 0 Å². The van der Waals surface area contributed by atoms with Crippen LogP contribution in [0.4, 0.5) is 0 Å². The van der Waals surface area contributed by atoms with Gasteiger partial charge in [-0.05, 0) is 26.1 Å². The average molecular weight is 253 g/mol. The predicted octanol–water partition coefficient (Wildman–Crippen LogP) is 2.54. The van der Waals surface area contributed by atoms with Crippen LogP contribution in [0.2, 0.25) is 0 Å². The van der Waals surface area contributed by atoms with E-state index in [2.05, 4.69) is 29.8 Å². The zero-order valence-electron chi connectivity index (χ0n) is 11.0. The molecule has 1 aromatic heterocycles. The number of thioether (sulfide) groups is 1. The van der Waals surface area contributed by atoms with Crippen LogP contribution in [0.3, 0.4) is 0 Å². The molecule has 0 saturated carbocycles.